The molecule has 11 heteroatoms. The lowest BCUT2D eigenvalue weighted by atomic mass is 9.82. The normalized spacial score (nSPS) is 13.7. The summed E-state index contributed by atoms with van der Waals surface area (Å²) >= 11 is 12.1. The fourth-order valence-electron chi connectivity index (χ4n) is 4.85. The van der Waals surface area contributed by atoms with Crippen molar-refractivity contribution in [3.05, 3.63) is 93.0 Å². The van der Waals surface area contributed by atoms with E-state index in [-0.39, 0.29) is 62.6 Å². The Balaban J connectivity index is 2.15. The third-order valence-corrected chi connectivity index (χ3v) is 7.31. The molecule has 5 N–H and O–H groups in total. The average Bonchev–Trinajstić information content (AvgIpc) is 2.92. The van der Waals surface area contributed by atoms with Crippen molar-refractivity contribution in [3.63, 3.8) is 0 Å². The van der Waals surface area contributed by atoms with E-state index in [1.54, 1.807) is 6.07 Å². The van der Waals surface area contributed by atoms with Crippen molar-refractivity contribution in [1.82, 2.24) is 5.32 Å². The van der Waals surface area contributed by atoms with Crippen LogP contribution in [-0.4, -0.2) is 42.7 Å². The number of hydrogen-bond donors (Lipinski definition) is 4. The Bertz CT molecular complexity index is 1430. The molecule has 1 amide bonds. The van der Waals surface area contributed by atoms with Crippen molar-refractivity contribution in [2.75, 3.05) is 19.0 Å². The van der Waals surface area contributed by atoms with Crippen LogP contribution in [0.3, 0.4) is 0 Å². The zero-order chi connectivity index (χ0) is 31.2. The first kappa shape index (κ1) is 33.3. The van der Waals surface area contributed by atoms with E-state index in [2.05, 4.69) is 10.6 Å². The summed E-state index contributed by atoms with van der Waals surface area (Å²) in [6, 6.07) is 11.1. The number of anilines is 1. The first-order valence-corrected chi connectivity index (χ1v) is 14.1. The van der Waals surface area contributed by atoms with Crippen molar-refractivity contribution < 1.29 is 28.2 Å². The number of methoxy groups -OCH3 is 1. The van der Waals surface area contributed by atoms with Gasteiger partial charge in [0.2, 0.25) is 5.91 Å². The number of nitrogens with two attached hydrogens (primary N) is 1. The molecule has 3 unspecified atom stereocenters. The summed E-state index contributed by atoms with van der Waals surface area (Å²) in [4.78, 5) is 25.6. The number of halogens is 4. The summed E-state index contributed by atoms with van der Waals surface area (Å²) < 4.78 is 36.0. The van der Waals surface area contributed by atoms with Gasteiger partial charge in [-0.3, -0.25) is 4.79 Å². The fourth-order valence-corrected chi connectivity index (χ4v) is 5.19. The molecular formula is C31H35Cl2F2N3O4. The Morgan fingerprint density at radius 3 is 2.38 bits per heavy atom. The number of hydrogen-bond acceptors (Lipinski definition) is 5. The van der Waals surface area contributed by atoms with Crippen LogP contribution in [0.5, 0.6) is 5.75 Å². The van der Waals surface area contributed by atoms with Gasteiger partial charge in [-0.25, -0.2) is 13.6 Å². The number of benzene rings is 3. The third-order valence-electron chi connectivity index (χ3n) is 6.79. The Morgan fingerprint density at radius 2 is 1.79 bits per heavy atom. The van der Waals surface area contributed by atoms with E-state index in [1.165, 1.54) is 49.6 Å². The van der Waals surface area contributed by atoms with Gasteiger partial charge >= 0.3 is 5.97 Å². The van der Waals surface area contributed by atoms with Gasteiger partial charge in [-0.05, 0) is 65.8 Å². The molecule has 0 radical (unpaired) electrons. The lowest BCUT2D eigenvalue weighted by Crippen LogP contribution is -2.53. The molecule has 0 aliphatic heterocycles. The molecule has 0 saturated heterocycles. The lowest BCUT2D eigenvalue weighted by Gasteiger charge is -2.34. The SMILES string of the molecule is COc1cc(C(=O)O)ccc1NC(=O)C(NC(CN)CC(C)(C)C)C(Cc1ccc(Cl)cc1F)c1cccc(Cl)c1F. The van der Waals surface area contributed by atoms with Crippen LogP contribution in [0.2, 0.25) is 10.0 Å². The van der Waals surface area contributed by atoms with Gasteiger partial charge in [0.25, 0.3) is 0 Å². The second-order valence-corrected chi connectivity index (χ2v) is 12.1. The summed E-state index contributed by atoms with van der Waals surface area (Å²) in [7, 11) is 1.34. The Morgan fingerprint density at radius 1 is 1.07 bits per heavy atom. The summed E-state index contributed by atoms with van der Waals surface area (Å²) in [5.74, 6) is -3.95. The summed E-state index contributed by atoms with van der Waals surface area (Å²) in [6.45, 7) is 6.24. The average molecular weight is 623 g/mol. The number of carboxylic acids is 1. The number of carbonyl (C=O) groups excluding carboxylic acids is 1. The summed E-state index contributed by atoms with van der Waals surface area (Å²) in [6.07, 6.45) is 0.483. The number of ether oxygens (including phenoxy) is 1. The van der Waals surface area contributed by atoms with Crippen molar-refractivity contribution in [3.8, 4) is 5.75 Å². The molecule has 3 aromatic rings. The minimum absolute atomic E-state index is 0.0371. The molecule has 3 atom stereocenters. The summed E-state index contributed by atoms with van der Waals surface area (Å²) in [5, 5.41) is 15.5. The molecule has 226 valence electrons. The second-order valence-electron chi connectivity index (χ2n) is 11.2. The van der Waals surface area contributed by atoms with Gasteiger partial charge < -0.3 is 26.2 Å². The van der Waals surface area contributed by atoms with Crippen LogP contribution in [0.4, 0.5) is 14.5 Å². The maximum absolute atomic E-state index is 15.6. The maximum atomic E-state index is 15.6. The highest BCUT2D eigenvalue weighted by Gasteiger charge is 2.35. The molecule has 42 heavy (non-hydrogen) atoms. The number of rotatable bonds is 12. The number of amides is 1. The van der Waals surface area contributed by atoms with E-state index in [9.17, 15) is 14.7 Å². The zero-order valence-electron chi connectivity index (χ0n) is 23.8. The molecule has 3 rings (SSSR count). The lowest BCUT2D eigenvalue weighted by molar-refractivity contribution is -0.119. The molecule has 0 aliphatic rings. The van der Waals surface area contributed by atoms with Gasteiger partial charge in [0.1, 0.15) is 17.4 Å². The number of carbonyl (C=O) groups is 2. The standard InChI is InChI=1S/C31H35Cl2F2N3O4/c1-31(2,3)15-20(16-36)37-28(29(39)38-25-11-9-18(30(40)41)13-26(25)42-4)22(21-6-5-7-23(33)27(21)35)12-17-8-10-19(32)14-24(17)34/h5-11,13-14,20,22,28,37H,12,15-16,36H2,1-4H3,(H,38,39)(H,40,41). The monoisotopic (exact) mass is 621 g/mol. The van der Waals surface area contributed by atoms with E-state index in [1.807, 2.05) is 20.8 Å². The molecule has 0 saturated carbocycles. The van der Waals surface area contributed by atoms with Crippen LogP contribution < -0.4 is 21.1 Å². The minimum Gasteiger partial charge on any atom is -0.495 e. The van der Waals surface area contributed by atoms with Gasteiger partial charge in [0.05, 0.1) is 29.4 Å². The predicted molar refractivity (Wildman–Crippen MR) is 162 cm³/mol. The molecule has 7 nitrogen and oxygen atoms in total. The third kappa shape index (κ3) is 8.64. The van der Waals surface area contributed by atoms with Gasteiger partial charge in [0.15, 0.2) is 0 Å². The smallest absolute Gasteiger partial charge is 0.335 e. The van der Waals surface area contributed by atoms with E-state index < -0.39 is 35.5 Å². The Labute approximate surface area is 254 Å². The fraction of sp³-hybridized carbons (Fsp3) is 0.355. The minimum atomic E-state index is -1.17. The van der Waals surface area contributed by atoms with E-state index in [4.69, 9.17) is 33.7 Å². The number of aromatic carboxylic acids is 1. The van der Waals surface area contributed by atoms with Crippen molar-refractivity contribution in [2.24, 2.45) is 11.1 Å². The first-order chi connectivity index (χ1) is 19.7. The van der Waals surface area contributed by atoms with Crippen LogP contribution in [0.15, 0.2) is 54.6 Å². The Kier molecular flexibility index (Phi) is 11.3. The molecule has 0 aromatic heterocycles. The van der Waals surface area contributed by atoms with Crippen molar-refractivity contribution >= 4 is 40.8 Å². The predicted octanol–water partition coefficient (Wildman–Crippen LogP) is 6.67. The first-order valence-electron chi connectivity index (χ1n) is 13.3. The van der Waals surface area contributed by atoms with Crippen molar-refractivity contribution in [2.45, 2.75) is 51.6 Å². The van der Waals surface area contributed by atoms with Gasteiger partial charge in [0, 0.05) is 23.5 Å². The van der Waals surface area contributed by atoms with Gasteiger partial charge in [-0.1, -0.05) is 62.2 Å². The van der Waals surface area contributed by atoms with Crippen LogP contribution in [0.25, 0.3) is 0 Å². The second kappa shape index (κ2) is 14.3. The van der Waals surface area contributed by atoms with Crippen LogP contribution in [0, 0.1) is 17.0 Å². The summed E-state index contributed by atoms with van der Waals surface area (Å²) in [5.41, 5.74) is 6.42. The molecule has 0 bridgehead atoms. The highest BCUT2D eigenvalue weighted by Crippen LogP contribution is 2.34. The van der Waals surface area contributed by atoms with Crippen LogP contribution in [-0.2, 0) is 11.2 Å². The highest BCUT2D eigenvalue weighted by atomic mass is 35.5. The molecular weight excluding hydrogens is 587 g/mol. The Hall–Kier alpha value is -3.24. The number of nitrogens with one attached hydrogen (secondary N) is 2. The van der Waals surface area contributed by atoms with Crippen LogP contribution >= 0.6 is 23.2 Å². The molecule has 0 heterocycles. The van der Waals surface area contributed by atoms with E-state index in [0.717, 1.165) is 6.07 Å². The molecule has 3 aromatic carbocycles. The van der Waals surface area contributed by atoms with Crippen molar-refractivity contribution in [1.29, 1.82) is 0 Å². The molecule has 0 fully saturated rings. The zero-order valence-corrected chi connectivity index (χ0v) is 25.3. The van der Waals surface area contributed by atoms with Crippen LogP contribution in [0.1, 0.15) is 54.6 Å². The maximum Gasteiger partial charge on any atom is 0.335 e. The molecule has 0 aliphatic carbocycles. The highest BCUT2D eigenvalue weighted by molar-refractivity contribution is 6.31. The van der Waals surface area contributed by atoms with E-state index >= 15 is 8.78 Å². The number of carboxylic acid groups (broad SMARTS) is 1. The largest absolute Gasteiger partial charge is 0.495 e. The van der Waals surface area contributed by atoms with Gasteiger partial charge in [-0.2, -0.15) is 0 Å². The van der Waals surface area contributed by atoms with Gasteiger partial charge in [-0.15, -0.1) is 0 Å². The van der Waals surface area contributed by atoms with E-state index in [0.29, 0.717) is 6.42 Å². The quantitative estimate of drug-likeness (QED) is 0.180. The topological polar surface area (TPSA) is 114 Å². The molecule has 0 spiro atoms.